The molecule has 0 saturated heterocycles. The summed E-state index contributed by atoms with van der Waals surface area (Å²) < 4.78 is 17.4. The Hall–Kier alpha value is -2.66. The summed E-state index contributed by atoms with van der Waals surface area (Å²) >= 11 is 6.19. The van der Waals surface area contributed by atoms with E-state index in [2.05, 4.69) is 0 Å². The number of hydrogen-bond donors (Lipinski definition) is 0. The number of nitrogens with zero attached hydrogens (tertiary/aromatic N) is 2. The first kappa shape index (κ1) is 25.6. The second-order valence-corrected chi connectivity index (χ2v) is 8.87. The van der Waals surface area contributed by atoms with E-state index >= 15 is 0 Å². The largest absolute Gasteiger partial charge is 0.482 e. The lowest BCUT2D eigenvalue weighted by Crippen LogP contribution is -2.48. The summed E-state index contributed by atoms with van der Waals surface area (Å²) in [4.78, 5) is 10.8. The van der Waals surface area contributed by atoms with Gasteiger partial charge in [-0.3, -0.25) is 10.1 Å². The summed E-state index contributed by atoms with van der Waals surface area (Å²) in [5.41, 5.74) is 0.937. The number of nitro groups is 1. The summed E-state index contributed by atoms with van der Waals surface area (Å²) in [5.74, 6) is 0.113. The average molecular weight is 461 g/mol. The predicted octanol–water partition coefficient (Wildman–Crippen LogP) is 5.85. The molecule has 0 N–H and O–H groups in total. The molecular formula is C24H29ClN2O5. The van der Waals surface area contributed by atoms with Gasteiger partial charge in [0, 0.05) is 24.8 Å². The molecule has 2 rings (SSSR count). The van der Waals surface area contributed by atoms with Gasteiger partial charge in [0.05, 0.1) is 27.8 Å². The van der Waals surface area contributed by atoms with Crippen LogP contribution in [0.15, 0.2) is 36.4 Å². The van der Waals surface area contributed by atoms with Crippen molar-refractivity contribution >= 4 is 17.3 Å². The fourth-order valence-electron chi connectivity index (χ4n) is 2.98. The first-order valence-corrected chi connectivity index (χ1v) is 10.7. The van der Waals surface area contributed by atoms with Crippen LogP contribution < -0.4 is 4.74 Å². The van der Waals surface area contributed by atoms with Gasteiger partial charge in [0.1, 0.15) is 6.61 Å². The highest BCUT2D eigenvalue weighted by Crippen LogP contribution is 2.30. The zero-order valence-electron chi connectivity index (χ0n) is 19.1. The van der Waals surface area contributed by atoms with E-state index < -0.39 is 16.1 Å². The Bertz CT molecular complexity index is 998. The second-order valence-electron chi connectivity index (χ2n) is 8.43. The summed E-state index contributed by atoms with van der Waals surface area (Å²) in [6.45, 7) is 8.65. The smallest absolute Gasteiger partial charge is 0.312 e. The predicted molar refractivity (Wildman–Crippen MR) is 123 cm³/mol. The monoisotopic (exact) mass is 460 g/mol. The molecule has 0 bridgehead atoms. The molecule has 0 heterocycles. The van der Waals surface area contributed by atoms with Gasteiger partial charge in [-0.2, -0.15) is 5.26 Å². The molecule has 8 heteroatoms. The highest BCUT2D eigenvalue weighted by molar-refractivity contribution is 6.30. The van der Waals surface area contributed by atoms with Crippen molar-refractivity contribution in [1.29, 1.82) is 5.26 Å². The minimum absolute atomic E-state index is 0.113. The quantitative estimate of drug-likeness (QED) is 0.237. The number of halogens is 1. The summed E-state index contributed by atoms with van der Waals surface area (Å²) in [6.07, 6.45) is 1.46. The Morgan fingerprint density at radius 3 is 2.44 bits per heavy atom. The number of benzene rings is 2. The van der Waals surface area contributed by atoms with E-state index in [1.165, 1.54) is 18.2 Å². The molecule has 172 valence electrons. The van der Waals surface area contributed by atoms with E-state index in [0.29, 0.717) is 18.1 Å². The minimum Gasteiger partial charge on any atom is -0.482 e. The van der Waals surface area contributed by atoms with Crippen LogP contribution in [-0.2, 0) is 22.5 Å². The van der Waals surface area contributed by atoms with Crippen molar-refractivity contribution < 1.29 is 19.1 Å². The van der Waals surface area contributed by atoms with Crippen LogP contribution in [0.1, 0.15) is 50.8 Å². The van der Waals surface area contributed by atoms with E-state index in [-0.39, 0.29) is 23.6 Å². The molecule has 0 aliphatic rings. The third kappa shape index (κ3) is 6.42. The Balaban J connectivity index is 2.07. The number of rotatable bonds is 11. The molecule has 2 aromatic carbocycles. The first-order chi connectivity index (χ1) is 15.0. The minimum atomic E-state index is -0.556. The van der Waals surface area contributed by atoms with E-state index in [1.807, 2.05) is 45.9 Å². The zero-order chi connectivity index (χ0) is 23.9. The molecular weight excluding hydrogens is 432 g/mol. The molecule has 0 aliphatic heterocycles. The van der Waals surface area contributed by atoms with Gasteiger partial charge in [0.25, 0.3) is 0 Å². The summed E-state index contributed by atoms with van der Waals surface area (Å²) in [7, 11) is 1.67. The molecule has 0 amide bonds. The Morgan fingerprint density at radius 2 is 1.81 bits per heavy atom. The van der Waals surface area contributed by atoms with Crippen molar-refractivity contribution in [3.63, 3.8) is 0 Å². The molecule has 0 aliphatic carbocycles. The summed E-state index contributed by atoms with van der Waals surface area (Å²) in [6, 6.07) is 11.5. The van der Waals surface area contributed by atoms with Crippen LogP contribution in [0.3, 0.4) is 0 Å². The summed E-state index contributed by atoms with van der Waals surface area (Å²) in [5, 5.41) is 20.9. The van der Waals surface area contributed by atoms with Crippen LogP contribution in [0, 0.1) is 21.4 Å². The molecule has 0 spiro atoms. The fraction of sp³-hybridized carbons (Fsp3) is 0.458. The van der Waals surface area contributed by atoms with Crippen LogP contribution >= 0.6 is 11.6 Å². The standard InChI is InChI=1S/C24H29ClN2O5/c1-23(2,30-5)24(3,4)32-12-6-7-18-14-20(25)10-9-19(18)16-31-22-11-8-17(15-26)13-21(22)27(28)29/h8-11,13-14H,6-7,12,16H2,1-5H3. The molecule has 0 unspecified atom stereocenters. The van der Waals surface area contributed by atoms with E-state index in [0.717, 1.165) is 17.5 Å². The van der Waals surface area contributed by atoms with Crippen LogP contribution in [-0.4, -0.2) is 29.8 Å². The van der Waals surface area contributed by atoms with Gasteiger partial charge in [-0.05, 0) is 75.9 Å². The van der Waals surface area contributed by atoms with Crippen molar-refractivity contribution in [2.24, 2.45) is 0 Å². The van der Waals surface area contributed by atoms with Gasteiger partial charge < -0.3 is 14.2 Å². The van der Waals surface area contributed by atoms with Gasteiger partial charge in [0.15, 0.2) is 5.75 Å². The average Bonchev–Trinajstić information content (AvgIpc) is 2.75. The third-order valence-electron chi connectivity index (χ3n) is 5.85. The van der Waals surface area contributed by atoms with Gasteiger partial charge in [0.2, 0.25) is 0 Å². The van der Waals surface area contributed by atoms with Crippen molar-refractivity contribution in [2.75, 3.05) is 13.7 Å². The molecule has 0 radical (unpaired) electrons. The maximum atomic E-state index is 11.3. The molecule has 32 heavy (non-hydrogen) atoms. The lowest BCUT2D eigenvalue weighted by atomic mass is 9.89. The third-order valence-corrected chi connectivity index (χ3v) is 6.08. The molecule has 7 nitrogen and oxygen atoms in total. The topological polar surface area (TPSA) is 94.6 Å². The van der Waals surface area contributed by atoms with Gasteiger partial charge in [-0.25, -0.2) is 0 Å². The van der Waals surface area contributed by atoms with Gasteiger partial charge >= 0.3 is 5.69 Å². The van der Waals surface area contributed by atoms with E-state index in [9.17, 15) is 10.1 Å². The normalized spacial score (nSPS) is 11.8. The number of nitriles is 1. The zero-order valence-corrected chi connectivity index (χ0v) is 19.9. The lowest BCUT2D eigenvalue weighted by Gasteiger charge is -2.40. The molecule has 0 fully saturated rings. The number of nitro benzene ring substituents is 1. The highest BCUT2D eigenvalue weighted by Gasteiger charge is 2.38. The maximum absolute atomic E-state index is 11.3. The molecule has 0 saturated carbocycles. The SMILES string of the molecule is COC(C)(C)C(C)(C)OCCCc1cc(Cl)ccc1COc1ccc(C#N)cc1[N+](=O)[O-]. The fourth-order valence-corrected chi connectivity index (χ4v) is 3.18. The molecule has 2 aromatic rings. The number of ether oxygens (including phenoxy) is 3. The Kier molecular flexibility index (Phi) is 8.62. The van der Waals surface area contributed by atoms with Gasteiger partial charge in [-0.15, -0.1) is 0 Å². The number of methoxy groups -OCH3 is 1. The Labute approximate surface area is 194 Å². The molecule has 0 atom stereocenters. The highest BCUT2D eigenvalue weighted by atomic mass is 35.5. The van der Waals surface area contributed by atoms with Crippen molar-refractivity contribution in [1.82, 2.24) is 0 Å². The number of aryl methyl sites for hydroxylation is 1. The lowest BCUT2D eigenvalue weighted by molar-refractivity contribution is -0.386. The van der Waals surface area contributed by atoms with Crippen LogP contribution in [0.5, 0.6) is 5.75 Å². The van der Waals surface area contributed by atoms with Crippen LogP contribution in [0.2, 0.25) is 5.02 Å². The van der Waals surface area contributed by atoms with Crippen LogP contribution in [0.4, 0.5) is 5.69 Å². The second kappa shape index (κ2) is 10.8. The van der Waals surface area contributed by atoms with Crippen molar-refractivity contribution in [3.05, 3.63) is 68.2 Å². The van der Waals surface area contributed by atoms with E-state index in [1.54, 1.807) is 13.2 Å². The Morgan fingerprint density at radius 1 is 1.09 bits per heavy atom. The first-order valence-electron chi connectivity index (χ1n) is 10.3. The van der Waals surface area contributed by atoms with Crippen molar-refractivity contribution in [2.45, 2.75) is 58.3 Å². The van der Waals surface area contributed by atoms with Gasteiger partial charge in [-0.1, -0.05) is 17.7 Å². The van der Waals surface area contributed by atoms with E-state index in [4.69, 9.17) is 31.1 Å². The number of hydrogen-bond acceptors (Lipinski definition) is 6. The molecule has 0 aromatic heterocycles. The maximum Gasteiger partial charge on any atom is 0.312 e. The van der Waals surface area contributed by atoms with Crippen molar-refractivity contribution in [3.8, 4) is 11.8 Å². The van der Waals surface area contributed by atoms with Crippen LogP contribution in [0.25, 0.3) is 0 Å².